The zero-order chi connectivity index (χ0) is 10.3. The van der Waals surface area contributed by atoms with Crippen molar-refractivity contribution in [3.8, 4) is 6.07 Å². The Labute approximate surface area is 89.9 Å². The minimum atomic E-state index is 0.627. The fraction of sp³-hybridized carbons (Fsp3) is 0.462. The lowest BCUT2D eigenvalue weighted by Crippen LogP contribution is -2.37. The molecular formula is C13H14N2. The summed E-state index contributed by atoms with van der Waals surface area (Å²) >= 11 is 0. The normalized spacial score (nSPS) is 27.9. The van der Waals surface area contributed by atoms with Crippen molar-refractivity contribution in [3.05, 3.63) is 34.9 Å². The molecular weight excluding hydrogens is 184 g/mol. The Bertz CT molecular complexity index is 431. The molecule has 0 bridgehead atoms. The molecule has 0 unspecified atom stereocenters. The van der Waals surface area contributed by atoms with Crippen molar-refractivity contribution in [1.29, 1.82) is 5.26 Å². The minimum Gasteiger partial charge on any atom is -0.313 e. The summed E-state index contributed by atoms with van der Waals surface area (Å²) in [7, 11) is 0. The molecule has 1 saturated heterocycles. The van der Waals surface area contributed by atoms with Gasteiger partial charge in [-0.25, -0.2) is 0 Å². The fourth-order valence-electron chi connectivity index (χ4n) is 2.97. The summed E-state index contributed by atoms with van der Waals surface area (Å²) < 4.78 is 0. The Hall–Kier alpha value is -1.33. The summed E-state index contributed by atoms with van der Waals surface area (Å²) in [6.45, 7) is 1.15. The van der Waals surface area contributed by atoms with E-state index in [2.05, 4.69) is 23.5 Å². The molecule has 1 aliphatic carbocycles. The van der Waals surface area contributed by atoms with E-state index in [9.17, 15) is 0 Å². The average Bonchev–Trinajstić information content (AvgIpc) is 2.66. The maximum absolute atomic E-state index is 8.90. The summed E-state index contributed by atoms with van der Waals surface area (Å²) in [4.78, 5) is 0. The molecule has 76 valence electrons. The number of nitriles is 1. The third-order valence-electron chi connectivity index (χ3n) is 3.70. The summed E-state index contributed by atoms with van der Waals surface area (Å²) in [6.07, 6.45) is 3.68. The molecule has 2 nitrogen and oxygen atoms in total. The van der Waals surface area contributed by atoms with Crippen LogP contribution in [0.5, 0.6) is 0 Å². The number of fused-ring (bicyclic) bond motifs is 3. The zero-order valence-corrected chi connectivity index (χ0v) is 8.66. The van der Waals surface area contributed by atoms with Crippen LogP contribution < -0.4 is 5.32 Å². The van der Waals surface area contributed by atoms with Crippen molar-refractivity contribution in [1.82, 2.24) is 5.32 Å². The predicted octanol–water partition coefficient (Wildman–Crippen LogP) is 1.95. The number of hydrogen-bond acceptors (Lipinski definition) is 2. The van der Waals surface area contributed by atoms with E-state index in [1.165, 1.54) is 24.0 Å². The van der Waals surface area contributed by atoms with Crippen LogP contribution in [0.1, 0.15) is 35.4 Å². The van der Waals surface area contributed by atoms with Gasteiger partial charge >= 0.3 is 0 Å². The molecule has 1 aromatic rings. The van der Waals surface area contributed by atoms with Crippen LogP contribution in [0.4, 0.5) is 0 Å². The van der Waals surface area contributed by atoms with Gasteiger partial charge in [0.15, 0.2) is 0 Å². The largest absolute Gasteiger partial charge is 0.313 e. The third kappa shape index (κ3) is 1.35. The molecule has 0 radical (unpaired) electrons. The summed E-state index contributed by atoms with van der Waals surface area (Å²) in [5.74, 6) is 0.655. The highest BCUT2D eigenvalue weighted by Crippen LogP contribution is 2.38. The minimum absolute atomic E-state index is 0.627. The highest BCUT2D eigenvalue weighted by Gasteiger charge is 2.33. The van der Waals surface area contributed by atoms with Crippen molar-refractivity contribution in [3.63, 3.8) is 0 Å². The van der Waals surface area contributed by atoms with Crippen LogP contribution in [-0.4, -0.2) is 12.6 Å². The average molecular weight is 198 g/mol. The van der Waals surface area contributed by atoms with Crippen molar-refractivity contribution in [2.24, 2.45) is 0 Å². The van der Waals surface area contributed by atoms with Crippen LogP contribution in [0.25, 0.3) is 0 Å². The second kappa shape index (κ2) is 3.36. The fourth-order valence-corrected chi connectivity index (χ4v) is 2.97. The van der Waals surface area contributed by atoms with Crippen LogP contribution in [0, 0.1) is 11.3 Å². The molecule has 2 atom stereocenters. The lowest BCUT2D eigenvalue weighted by Gasteiger charge is -2.27. The molecule has 0 saturated carbocycles. The molecule has 1 aromatic carbocycles. The van der Waals surface area contributed by atoms with Crippen LogP contribution in [0.15, 0.2) is 18.2 Å². The van der Waals surface area contributed by atoms with E-state index in [1.54, 1.807) is 0 Å². The van der Waals surface area contributed by atoms with Crippen LogP contribution in [0.2, 0.25) is 0 Å². The maximum atomic E-state index is 8.90. The summed E-state index contributed by atoms with van der Waals surface area (Å²) in [6, 6.07) is 9.02. The van der Waals surface area contributed by atoms with E-state index in [0.717, 1.165) is 18.5 Å². The molecule has 1 fully saturated rings. The molecule has 0 spiro atoms. The Morgan fingerprint density at radius 2 is 2.33 bits per heavy atom. The Morgan fingerprint density at radius 3 is 3.20 bits per heavy atom. The van der Waals surface area contributed by atoms with Gasteiger partial charge in [-0.2, -0.15) is 5.26 Å². The van der Waals surface area contributed by atoms with E-state index < -0.39 is 0 Å². The van der Waals surface area contributed by atoms with Gasteiger partial charge < -0.3 is 5.32 Å². The maximum Gasteiger partial charge on any atom is 0.0991 e. The van der Waals surface area contributed by atoms with Crippen molar-refractivity contribution >= 4 is 0 Å². The molecule has 1 heterocycles. The topological polar surface area (TPSA) is 35.8 Å². The number of nitrogens with zero attached hydrogens (tertiary/aromatic N) is 1. The number of benzene rings is 1. The van der Waals surface area contributed by atoms with Gasteiger partial charge in [-0.1, -0.05) is 6.07 Å². The second-order valence-electron chi connectivity index (χ2n) is 4.54. The molecule has 15 heavy (non-hydrogen) atoms. The standard InChI is InChI=1S/C13H14N2/c14-8-9-3-4-10-7-13-11(12(10)6-9)2-1-5-15-13/h3-4,6,11,13,15H,1-2,5,7H2/t11-,13+/m1/s1. The third-order valence-corrected chi connectivity index (χ3v) is 3.70. The summed E-state index contributed by atoms with van der Waals surface area (Å²) in [5.41, 5.74) is 3.67. The van der Waals surface area contributed by atoms with Gasteiger partial charge in [-0.05, 0) is 55.0 Å². The van der Waals surface area contributed by atoms with Crippen molar-refractivity contribution < 1.29 is 0 Å². The smallest absolute Gasteiger partial charge is 0.0991 e. The van der Waals surface area contributed by atoms with Crippen molar-refractivity contribution in [2.75, 3.05) is 6.54 Å². The monoisotopic (exact) mass is 198 g/mol. The van der Waals surface area contributed by atoms with E-state index >= 15 is 0 Å². The Balaban J connectivity index is 2.02. The van der Waals surface area contributed by atoms with Crippen LogP contribution in [0.3, 0.4) is 0 Å². The summed E-state index contributed by atoms with van der Waals surface area (Å²) in [5, 5.41) is 12.5. The predicted molar refractivity (Wildman–Crippen MR) is 58.6 cm³/mol. The Kier molecular flexibility index (Phi) is 2.00. The molecule has 1 aliphatic heterocycles. The van der Waals surface area contributed by atoms with Crippen LogP contribution >= 0.6 is 0 Å². The van der Waals surface area contributed by atoms with Gasteiger partial charge in [0.1, 0.15) is 0 Å². The zero-order valence-electron chi connectivity index (χ0n) is 8.66. The second-order valence-corrected chi connectivity index (χ2v) is 4.54. The van der Waals surface area contributed by atoms with E-state index in [-0.39, 0.29) is 0 Å². The lowest BCUT2D eigenvalue weighted by atomic mass is 9.90. The number of piperidine rings is 1. The van der Waals surface area contributed by atoms with Gasteiger partial charge in [0.25, 0.3) is 0 Å². The van der Waals surface area contributed by atoms with E-state index in [0.29, 0.717) is 12.0 Å². The van der Waals surface area contributed by atoms with Crippen LogP contribution in [-0.2, 0) is 6.42 Å². The number of hydrogen-bond donors (Lipinski definition) is 1. The first-order valence-electron chi connectivity index (χ1n) is 5.65. The van der Waals surface area contributed by atoms with Gasteiger partial charge in [0, 0.05) is 6.04 Å². The van der Waals surface area contributed by atoms with Crippen molar-refractivity contribution in [2.45, 2.75) is 31.2 Å². The molecule has 3 rings (SSSR count). The van der Waals surface area contributed by atoms with E-state index in [1.807, 2.05) is 6.07 Å². The molecule has 0 amide bonds. The first-order chi connectivity index (χ1) is 7.38. The Morgan fingerprint density at radius 1 is 1.40 bits per heavy atom. The van der Waals surface area contributed by atoms with Gasteiger partial charge in [0.2, 0.25) is 0 Å². The van der Waals surface area contributed by atoms with E-state index in [4.69, 9.17) is 5.26 Å². The number of nitrogens with one attached hydrogen (secondary N) is 1. The molecule has 1 N–H and O–H groups in total. The van der Waals surface area contributed by atoms with Gasteiger partial charge in [-0.3, -0.25) is 0 Å². The lowest BCUT2D eigenvalue weighted by molar-refractivity contribution is 0.372. The molecule has 0 aromatic heterocycles. The highest BCUT2D eigenvalue weighted by atomic mass is 14.9. The SMILES string of the molecule is N#Cc1ccc2c(c1)[C@H]1CCCN[C@H]1C2. The van der Waals surface area contributed by atoms with Gasteiger partial charge in [-0.15, -0.1) is 0 Å². The molecule has 2 heteroatoms. The first kappa shape index (κ1) is 8.94. The number of rotatable bonds is 0. The first-order valence-corrected chi connectivity index (χ1v) is 5.65. The van der Waals surface area contributed by atoms with Gasteiger partial charge in [0.05, 0.1) is 11.6 Å². The highest BCUT2D eigenvalue weighted by molar-refractivity contribution is 5.44. The quantitative estimate of drug-likeness (QED) is 0.691. The molecule has 2 aliphatic rings.